The summed E-state index contributed by atoms with van der Waals surface area (Å²) in [6.07, 6.45) is 1.92. The maximum atomic E-state index is 3.54. The van der Waals surface area contributed by atoms with Crippen LogP contribution in [-0.4, -0.2) is 0 Å². The molecular weight excluding hydrogens is 2620 g/mol. The number of unbranched alkanes of at least 4 members (excludes halogenated alkanes) is 1. The minimum absolute atomic E-state index is 0. The van der Waals surface area contributed by atoms with E-state index in [1.165, 1.54) is 0 Å². The van der Waals surface area contributed by atoms with Crippen molar-refractivity contribution in [3.63, 3.8) is 0 Å². The maximum absolute atomic E-state index is 3.54. The van der Waals surface area contributed by atoms with Crippen LogP contribution < -0.4 is 0 Å². The zero-order chi connectivity index (χ0) is 3.41. The summed E-state index contributed by atoms with van der Waals surface area (Å²) in [6, 6.07) is 0. The molecule has 0 aliphatic carbocycles. The predicted molar refractivity (Wildman–Crippen MR) is 32.8 cm³/mol. The van der Waals surface area contributed by atoms with Crippen LogP contribution in [0.1, 0.15) is 12.8 Å². The Balaban J connectivity index is -0.000000000214. The van der Waals surface area contributed by atoms with Gasteiger partial charge < -0.3 is 28.7 Å². The third kappa shape index (κ3) is 191. The Labute approximate surface area is 540 Å². The van der Waals surface area contributed by atoms with Crippen molar-refractivity contribution in [3.8, 4) is 0 Å². The first-order valence-electron chi connectivity index (χ1n) is 1.50. The maximum Gasteiger partial charge on any atom is 0 e. The predicted octanol–water partition coefficient (Wildman–Crippen LogP) is 2.29. The van der Waals surface area contributed by atoms with Gasteiger partial charge in [0.05, 0.1) is 0 Å². The number of hydrogen-bond acceptors (Lipinski definition) is 0. The van der Waals surface area contributed by atoms with Crippen molar-refractivity contribution in [1.82, 2.24) is 0 Å². The summed E-state index contributed by atoms with van der Waals surface area (Å²) < 4.78 is 0. The van der Waals surface area contributed by atoms with Gasteiger partial charge >= 0.3 is 0 Å². The first-order valence-corrected chi connectivity index (χ1v) is 1.50. The van der Waals surface area contributed by atoms with E-state index in [2.05, 4.69) is 13.8 Å². The molecule has 0 rings (SSSR count). The van der Waals surface area contributed by atoms with Crippen LogP contribution in [-0.2, 0) is 517 Å². The second kappa shape index (κ2) is 180. The molecule has 0 spiro atoms. The average molecular weight is 2630 g/mol. The topological polar surface area (TPSA) is 0 Å². The molecule has 0 atom stereocenters. The van der Waals surface area contributed by atoms with E-state index in [1.807, 2.05) is 0 Å². The summed E-state index contributed by atoms with van der Waals surface area (Å²) in [4.78, 5) is 0. The van der Waals surface area contributed by atoms with Gasteiger partial charge in [-0.3, -0.25) is 0 Å². The normalized spacial score (nSPS) is 1.20. The summed E-state index contributed by atoms with van der Waals surface area (Å²) in [6.45, 7) is 7.08. The standard InChI is InChI=1S/C4H8.2CH3.9W.10Y/c1-3-4-2;;;;;;;;;;;;;;;;;;;;;/h1-4H2;2*1H3;;;;;;;;;;;;;;;;;;;/q-2;2*-1;;;;;;;;;;;;;;;;;;;. The van der Waals surface area contributed by atoms with E-state index in [4.69, 9.17) is 0 Å². The van der Waals surface area contributed by atoms with Gasteiger partial charge in [-0.05, 0) is 0 Å². The van der Waals surface area contributed by atoms with Crippen LogP contribution in [0.3, 0.4) is 0 Å². The molecule has 0 bridgehead atoms. The molecule has 0 aromatic heterocycles. The third-order valence-corrected chi connectivity index (χ3v) is 0.250. The van der Waals surface area contributed by atoms with Gasteiger partial charge in [-0.25, -0.2) is 12.8 Å². The van der Waals surface area contributed by atoms with Gasteiger partial charge in [0.2, 0.25) is 0 Å². The van der Waals surface area contributed by atoms with Gasteiger partial charge in [0, 0.05) is 517 Å². The van der Waals surface area contributed by atoms with Crippen LogP contribution in [0.4, 0.5) is 0 Å². The Hall–Kier alpha value is 17.2. The van der Waals surface area contributed by atoms with Gasteiger partial charge in [-0.15, -0.1) is 0 Å². The zero-order valence-corrected chi connectivity index (χ0v) is 69.1. The molecule has 0 unspecified atom stereocenters. The van der Waals surface area contributed by atoms with Gasteiger partial charge in [0.25, 0.3) is 0 Å². The molecular formula is C6H14W9Y10-4. The van der Waals surface area contributed by atoms with E-state index in [0.717, 1.165) is 12.8 Å². The molecule has 0 saturated carbocycles. The van der Waals surface area contributed by atoms with Crippen LogP contribution in [0.15, 0.2) is 0 Å². The van der Waals surface area contributed by atoms with Crippen molar-refractivity contribution in [3.05, 3.63) is 28.7 Å². The second-order valence-electron chi connectivity index (χ2n) is 0.707. The molecule has 0 aromatic carbocycles. The van der Waals surface area contributed by atoms with E-state index in [0.29, 0.717) is 0 Å². The molecule has 0 fully saturated rings. The van der Waals surface area contributed by atoms with Crippen LogP contribution in [0.25, 0.3) is 0 Å². The fourth-order valence-electron chi connectivity index (χ4n) is 0. The Kier molecular flexibility index (Phi) is 1270. The molecule has 0 saturated heterocycles. The monoisotopic (exact) mass is 2630 g/mol. The fraction of sp³-hybridized carbons (Fsp3) is 0.333. The molecule has 0 aliphatic heterocycles. The fourth-order valence-corrected chi connectivity index (χ4v) is 0. The SMILES string of the molecule is [CH2-]CC[CH2-].[CH3-].[CH3-].[W].[W].[W].[W].[W].[W].[W].[W].[W].[Y].[Y].[Y].[Y].[Y].[Y].[Y].[Y].[Y].[Y]. The smallest absolute Gasteiger partial charge is 0 e. The first-order chi connectivity index (χ1) is 1.91. The van der Waals surface area contributed by atoms with Gasteiger partial charge in [0.1, 0.15) is 0 Å². The van der Waals surface area contributed by atoms with E-state index in [1.54, 1.807) is 0 Å². The van der Waals surface area contributed by atoms with E-state index >= 15 is 0 Å². The minimum Gasteiger partial charge on any atom is -0.358 e. The number of hydrogen-bond donors (Lipinski definition) is 0. The summed E-state index contributed by atoms with van der Waals surface area (Å²) in [7, 11) is 0. The molecule has 25 heavy (non-hydrogen) atoms. The largest absolute Gasteiger partial charge is 0.358 e. The minimum atomic E-state index is 0. The quantitative estimate of drug-likeness (QED) is 0.355. The molecule has 0 amide bonds. The summed E-state index contributed by atoms with van der Waals surface area (Å²) in [5.74, 6) is 0. The Bertz CT molecular complexity index is 40.8. The van der Waals surface area contributed by atoms with Gasteiger partial charge in [0.15, 0.2) is 0 Å². The second-order valence-corrected chi connectivity index (χ2v) is 0.707. The van der Waals surface area contributed by atoms with Crippen molar-refractivity contribution in [2.24, 2.45) is 0 Å². The van der Waals surface area contributed by atoms with Crippen molar-refractivity contribution in [2.45, 2.75) is 12.8 Å². The third-order valence-electron chi connectivity index (χ3n) is 0.250. The van der Waals surface area contributed by atoms with E-state index in [9.17, 15) is 0 Å². The zero-order valence-electron chi connectivity index (χ0n) is 14.3. The van der Waals surface area contributed by atoms with Gasteiger partial charge in [-0.1, -0.05) is 0 Å². The van der Waals surface area contributed by atoms with E-state index < -0.39 is 0 Å². The average Bonchev–Trinajstić information content (AvgIpc) is 1.37. The van der Waals surface area contributed by atoms with Gasteiger partial charge in [-0.2, -0.15) is 0 Å². The molecule has 19 heteroatoms. The Morgan fingerprint density at radius 3 is 0.320 bits per heavy atom. The van der Waals surface area contributed by atoms with Crippen molar-refractivity contribution < 1.29 is 517 Å². The molecule has 126 valence electrons. The van der Waals surface area contributed by atoms with Crippen molar-refractivity contribution in [1.29, 1.82) is 0 Å². The Morgan fingerprint density at radius 1 is 0.280 bits per heavy atom. The van der Waals surface area contributed by atoms with Crippen LogP contribution >= 0.6 is 0 Å². The molecule has 0 nitrogen and oxygen atoms in total. The summed E-state index contributed by atoms with van der Waals surface area (Å²) in [5, 5.41) is 0. The molecule has 10 radical (unpaired) electrons. The van der Waals surface area contributed by atoms with Crippen molar-refractivity contribution in [2.75, 3.05) is 0 Å². The molecule has 0 N–H and O–H groups in total. The number of rotatable bonds is 1. The van der Waals surface area contributed by atoms with E-state index in [-0.39, 0.29) is 532 Å². The molecule has 0 heterocycles. The van der Waals surface area contributed by atoms with Crippen molar-refractivity contribution >= 4 is 0 Å². The Morgan fingerprint density at radius 2 is 0.320 bits per heavy atom. The molecule has 0 aromatic rings. The van der Waals surface area contributed by atoms with Crippen LogP contribution in [0.2, 0.25) is 0 Å². The molecule has 0 aliphatic rings. The summed E-state index contributed by atoms with van der Waals surface area (Å²) >= 11 is 0. The summed E-state index contributed by atoms with van der Waals surface area (Å²) in [5.41, 5.74) is 0. The van der Waals surface area contributed by atoms with Crippen LogP contribution in [0, 0.1) is 28.7 Å². The van der Waals surface area contributed by atoms with Crippen LogP contribution in [0.5, 0.6) is 0 Å². The first kappa shape index (κ1) is 175.